The van der Waals surface area contributed by atoms with Crippen molar-refractivity contribution in [1.29, 1.82) is 0 Å². The quantitative estimate of drug-likeness (QED) is 0.302. The van der Waals surface area contributed by atoms with Crippen LogP contribution in [0, 0.1) is 0 Å². The van der Waals surface area contributed by atoms with Crippen molar-refractivity contribution < 1.29 is 15.0 Å². The summed E-state index contributed by atoms with van der Waals surface area (Å²) in [6.07, 6.45) is 2.34. The van der Waals surface area contributed by atoms with Crippen LogP contribution in [0.2, 0.25) is 0 Å². The molecule has 0 bridgehead atoms. The lowest BCUT2D eigenvalue weighted by molar-refractivity contribution is -0.139. The van der Waals surface area contributed by atoms with Gasteiger partial charge < -0.3 is 15.5 Å². The minimum Gasteiger partial charge on any atom is -0.480 e. The molecular weight excluding hydrogens is 172 g/mol. The number of hydrogen-bond acceptors (Lipinski definition) is 4. The molecule has 1 unspecified atom stereocenters. The Balaban J connectivity index is 3.33. The maximum absolute atomic E-state index is 10.5. The maximum atomic E-state index is 10.5. The van der Waals surface area contributed by atoms with E-state index in [1.807, 2.05) is 0 Å². The summed E-state index contributed by atoms with van der Waals surface area (Å²) in [6.45, 7) is 0.709. The summed E-state index contributed by atoms with van der Waals surface area (Å²) < 4.78 is 0. The lowest BCUT2D eigenvalue weighted by Crippen LogP contribution is -2.33. The lowest BCUT2D eigenvalue weighted by atomic mass is 10.1. The van der Waals surface area contributed by atoms with Gasteiger partial charge in [0.2, 0.25) is 0 Å². The molecule has 0 aromatic rings. The molecule has 0 rings (SSSR count). The lowest BCUT2D eigenvalue weighted by Gasteiger charge is -2.10. The number of carboxylic acids is 1. The predicted molar refractivity (Wildman–Crippen MR) is 49.4 cm³/mol. The summed E-state index contributed by atoms with van der Waals surface area (Å²) in [6, 6.07) is -0.450. The number of aliphatic hydroxyl groups is 1. The van der Waals surface area contributed by atoms with Crippen LogP contribution >= 0.6 is 0 Å². The first-order valence-electron chi connectivity index (χ1n) is 4.44. The van der Waals surface area contributed by atoms with E-state index in [-0.39, 0.29) is 6.73 Å². The van der Waals surface area contributed by atoms with Gasteiger partial charge >= 0.3 is 5.97 Å². The van der Waals surface area contributed by atoms with Crippen LogP contribution in [0.4, 0.5) is 0 Å². The van der Waals surface area contributed by atoms with Crippen molar-refractivity contribution in [2.24, 2.45) is 0 Å². The highest BCUT2D eigenvalue weighted by atomic mass is 16.4. The van der Waals surface area contributed by atoms with Crippen LogP contribution in [0.25, 0.3) is 0 Å². The van der Waals surface area contributed by atoms with Gasteiger partial charge in [-0.3, -0.25) is 10.1 Å². The summed E-state index contributed by atoms with van der Waals surface area (Å²) >= 11 is 0. The Kier molecular flexibility index (Phi) is 7.57. The third-order valence-electron chi connectivity index (χ3n) is 1.85. The largest absolute Gasteiger partial charge is 0.480 e. The van der Waals surface area contributed by atoms with Crippen molar-refractivity contribution in [1.82, 2.24) is 10.6 Å². The van der Waals surface area contributed by atoms with Crippen LogP contribution in [0.1, 0.15) is 19.3 Å². The molecule has 5 heteroatoms. The molecule has 0 aromatic carbocycles. The van der Waals surface area contributed by atoms with Crippen LogP contribution in [0.15, 0.2) is 0 Å². The van der Waals surface area contributed by atoms with Gasteiger partial charge in [-0.05, 0) is 26.4 Å². The first kappa shape index (κ1) is 12.3. The highest BCUT2D eigenvalue weighted by Gasteiger charge is 2.12. The van der Waals surface area contributed by atoms with Crippen molar-refractivity contribution in [2.75, 3.05) is 20.3 Å². The topological polar surface area (TPSA) is 81.6 Å². The van der Waals surface area contributed by atoms with Crippen LogP contribution in [0.5, 0.6) is 0 Å². The minimum atomic E-state index is -0.808. The van der Waals surface area contributed by atoms with Gasteiger partial charge in [-0.25, -0.2) is 0 Å². The Morgan fingerprint density at radius 1 is 1.46 bits per heavy atom. The number of nitrogens with one attached hydrogen (secondary N) is 2. The van der Waals surface area contributed by atoms with E-state index in [4.69, 9.17) is 10.2 Å². The van der Waals surface area contributed by atoms with Gasteiger partial charge in [-0.2, -0.15) is 0 Å². The molecule has 0 aromatic heterocycles. The highest BCUT2D eigenvalue weighted by Crippen LogP contribution is 1.99. The molecule has 0 saturated carbocycles. The molecule has 0 amide bonds. The number of aliphatic carboxylic acids is 1. The zero-order valence-electron chi connectivity index (χ0n) is 7.92. The fourth-order valence-corrected chi connectivity index (χ4v) is 1.07. The first-order chi connectivity index (χ1) is 6.22. The number of carbonyl (C=O) groups is 1. The molecule has 0 radical (unpaired) electrons. The van der Waals surface area contributed by atoms with E-state index >= 15 is 0 Å². The molecule has 1 atom stereocenters. The van der Waals surface area contributed by atoms with Gasteiger partial charge in [0.05, 0.1) is 6.73 Å². The van der Waals surface area contributed by atoms with Gasteiger partial charge in [0.15, 0.2) is 0 Å². The predicted octanol–water partition coefficient (Wildman–Crippen LogP) is -0.631. The molecule has 0 fully saturated rings. The number of rotatable bonds is 8. The number of hydrogen-bond donors (Lipinski definition) is 4. The van der Waals surface area contributed by atoms with E-state index in [9.17, 15) is 4.79 Å². The molecular formula is C8H18N2O3. The monoisotopic (exact) mass is 190 g/mol. The van der Waals surface area contributed by atoms with Gasteiger partial charge in [0.1, 0.15) is 6.04 Å². The smallest absolute Gasteiger partial charge is 0.320 e. The molecule has 0 spiro atoms. The van der Waals surface area contributed by atoms with Crippen LogP contribution < -0.4 is 10.6 Å². The van der Waals surface area contributed by atoms with Gasteiger partial charge in [-0.15, -0.1) is 0 Å². The molecule has 0 aliphatic heterocycles. The molecule has 5 nitrogen and oxygen atoms in total. The number of carboxylic acid groups (broad SMARTS) is 1. The van der Waals surface area contributed by atoms with E-state index in [2.05, 4.69) is 10.6 Å². The zero-order valence-corrected chi connectivity index (χ0v) is 7.92. The van der Waals surface area contributed by atoms with E-state index in [1.165, 1.54) is 0 Å². The van der Waals surface area contributed by atoms with Gasteiger partial charge in [-0.1, -0.05) is 6.42 Å². The summed E-state index contributed by atoms with van der Waals surface area (Å²) in [4.78, 5) is 10.5. The Morgan fingerprint density at radius 2 is 2.15 bits per heavy atom. The third kappa shape index (κ3) is 6.51. The first-order valence-corrected chi connectivity index (χ1v) is 4.44. The average molecular weight is 190 g/mol. The summed E-state index contributed by atoms with van der Waals surface area (Å²) in [5.74, 6) is -0.808. The second kappa shape index (κ2) is 7.97. The van der Waals surface area contributed by atoms with Gasteiger partial charge in [0, 0.05) is 0 Å². The Hall–Kier alpha value is -0.650. The fraction of sp³-hybridized carbons (Fsp3) is 0.875. The molecule has 78 valence electrons. The van der Waals surface area contributed by atoms with E-state index in [1.54, 1.807) is 7.05 Å². The van der Waals surface area contributed by atoms with Crippen molar-refractivity contribution in [2.45, 2.75) is 25.3 Å². The minimum absolute atomic E-state index is 0.0195. The average Bonchev–Trinajstić information content (AvgIpc) is 2.10. The number of likely N-dealkylation sites (N-methyl/N-ethyl adjacent to an activating group) is 1. The zero-order chi connectivity index (χ0) is 10.1. The SMILES string of the molecule is CNC(CCCCNCO)C(=O)O. The molecule has 0 heterocycles. The van der Waals surface area contributed by atoms with Crippen LogP contribution in [-0.4, -0.2) is 42.5 Å². The van der Waals surface area contributed by atoms with Gasteiger partial charge in [0.25, 0.3) is 0 Å². The normalized spacial score (nSPS) is 12.8. The van der Waals surface area contributed by atoms with E-state index in [0.717, 1.165) is 19.4 Å². The third-order valence-corrected chi connectivity index (χ3v) is 1.85. The number of unbranched alkanes of at least 4 members (excludes halogenated alkanes) is 1. The molecule has 0 aliphatic carbocycles. The van der Waals surface area contributed by atoms with Crippen molar-refractivity contribution in [3.63, 3.8) is 0 Å². The van der Waals surface area contributed by atoms with Crippen molar-refractivity contribution in [3.8, 4) is 0 Å². The van der Waals surface area contributed by atoms with E-state index < -0.39 is 12.0 Å². The molecule has 0 saturated heterocycles. The van der Waals surface area contributed by atoms with Crippen LogP contribution in [0.3, 0.4) is 0 Å². The second-order valence-electron chi connectivity index (χ2n) is 2.83. The van der Waals surface area contributed by atoms with E-state index in [0.29, 0.717) is 6.42 Å². The van der Waals surface area contributed by atoms with Crippen molar-refractivity contribution in [3.05, 3.63) is 0 Å². The number of aliphatic hydroxyl groups excluding tert-OH is 1. The van der Waals surface area contributed by atoms with Crippen molar-refractivity contribution >= 4 is 5.97 Å². The molecule has 0 aliphatic rings. The second-order valence-corrected chi connectivity index (χ2v) is 2.83. The highest BCUT2D eigenvalue weighted by molar-refractivity contribution is 5.73. The standard InChI is InChI=1S/C8H18N2O3/c1-9-7(8(12)13)4-2-3-5-10-6-11/h7,9-11H,2-6H2,1H3,(H,12,13). The van der Waals surface area contributed by atoms with Crippen LogP contribution in [-0.2, 0) is 4.79 Å². The molecule has 4 N–H and O–H groups in total. The summed E-state index contributed by atoms with van der Waals surface area (Å²) in [5, 5.41) is 22.5. The summed E-state index contributed by atoms with van der Waals surface area (Å²) in [7, 11) is 1.64. The fourth-order valence-electron chi connectivity index (χ4n) is 1.07. The Bertz CT molecular complexity index is 141. The Labute approximate surface area is 78.1 Å². The summed E-state index contributed by atoms with van der Waals surface area (Å²) in [5.41, 5.74) is 0. The Morgan fingerprint density at radius 3 is 2.62 bits per heavy atom. The molecule has 13 heavy (non-hydrogen) atoms. The maximum Gasteiger partial charge on any atom is 0.320 e.